The summed E-state index contributed by atoms with van der Waals surface area (Å²) in [7, 11) is -1.70. The molecule has 3 atom stereocenters. The van der Waals surface area contributed by atoms with E-state index in [1.54, 1.807) is 0 Å². The van der Waals surface area contributed by atoms with Crippen LogP contribution in [0.4, 0.5) is 0 Å². The highest BCUT2D eigenvalue weighted by molar-refractivity contribution is 9.10. The molecule has 0 aromatic rings. The second kappa shape index (κ2) is 5.25. The van der Waals surface area contributed by atoms with E-state index in [0.29, 0.717) is 0 Å². The quantitative estimate of drug-likeness (QED) is 0.328. The number of halogens is 1. The number of rotatable bonds is 4. The fraction of sp³-hybridized carbons (Fsp3) is 0.800. The molecule has 2 aliphatic heterocycles. The first-order chi connectivity index (χ1) is 9.06. The van der Waals surface area contributed by atoms with Crippen LogP contribution in [-0.4, -0.2) is 31.3 Å². The highest BCUT2D eigenvalue weighted by Crippen LogP contribution is 2.45. The molecule has 2 bridgehead atoms. The van der Waals surface area contributed by atoms with Gasteiger partial charge in [0.25, 0.3) is 0 Å². The second-order valence-corrected chi connectivity index (χ2v) is 13.5. The Hall–Kier alpha value is -0.133. The summed E-state index contributed by atoms with van der Waals surface area (Å²) in [6.07, 6.45) is 5.70. The molecule has 5 heteroatoms. The number of hydrogen-bond acceptors (Lipinski definition) is 3. The Labute approximate surface area is 131 Å². The summed E-state index contributed by atoms with van der Waals surface area (Å²) >= 11 is 3.58. The number of carbonyl (C=O) groups is 1. The molecule has 2 heterocycles. The van der Waals surface area contributed by atoms with Gasteiger partial charge in [0.2, 0.25) is 0 Å². The van der Waals surface area contributed by atoms with Gasteiger partial charge in [-0.25, -0.2) is 0 Å². The minimum atomic E-state index is -1.70. The maximum absolute atomic E-state index is 12.0. The zero-order valence-electron chi connectivity index (χ0n) is 13.0. The van der Waals surface area contributed by atoms with Crippen LogP contribution in [0.5, 0.6) is 0 Å². The zero-order chi connectivity index (χ0) is 15.2. The lowest BCUT2D eigenvalue weighted by molar-refractivity contribution is -0.158. The van der Waals surface area contributed by atoms with E-state index >= 15 is 0 Å². The van der Waals surface area contributed by atoms with Crippen molar-refractivity contribution >= 4 is 30.2 Å². The van der Waals surface area contributed by atoms with Crippen LogP contribution in [0.25, 0.3) is 0 Å². The molecule has 0 saturated carbocycles. The van der Waals surface area contributed by atoms with E-state index in [2.05, 4.69) is 49.8 Å². The van der Waals surface area contributed by atoms with Gasteiger partial charge < -0.3 is 9.16 Å². The number of ether oxygens (including phenoxy) is 1. The molecule has 0 spiro atoms. The van der Waals surface area contributed by atoms with Gasteiger partial charge in [0.15, 0.2) is 8.32 Å². The van der Waals surface area contributed by atoms with Crippen LogP contribution in [0.1, 0.15) is 33.6 Å². The molecule has 0 unspecified atom stereocenters. The van der Waals surface area contributed by atoms with Crippen LogP contribution in [0.2, 0.25) is 18.1 Å². The van der Waals surface area contributed by atoms with Crippen molar-refractivity contribution in [2.24, 2.45) is 5.92 Å². The molecular formula is C15H25BrO3Si. The maximum Gasteiger partial charge on any atom is 0.327 e. The van der Waals surface area contributed by atoms with Crippen molar-refractivity contribution in [3.63, 3.8) is 0 Å². The summed E-state index contributed by atoms with van der Waals surface area (Å²) in [6, 6.07) is 0. The average Bonchev–Trinajstić information content (AvgIpc) is 2.30. The lowest BCUT2D eigenvalue weighted by atomic mass is 9.78. The molecule has 0 amide bonds. The van der Waals surface area contributed by atoms with Crippen LogP contribution < -0.4 is 0 Å². The van der Waals surface area contributed by atoms with Gasteiger partial charge in [-0.15, -0.1) is 0 Å². The van der Waals surface area contributed by atoms with Crippen LogP contribution in [-0.2, 0) is 14.0 Å². The van der Waals surface area contributed by atoms with Crippen molar-refractivity contribution in [2.75, 3.05) is 6.61 Å². The summed E-state index contributed by atoms with van der Waals surface area (Å²) in [4.78, 5) is 12.0. The van der Waals surface area contributed by atoms with Crippen LogP contribution in [0.15, 0.2) is 12.2 Å². The molecule has 1 aliphatic carbocycles. The van der Waals surface area contributed by atoms with Gasteiger partial charge in [0, 0.05) is 6.61 Å². The molecular weight excluding hydrogens is 336 g/mol. The summed E-state index contributed by atoms with van der Waals surface area (Å²) in [5, 5.41) is 0.226. The van der Waals surface area contributed by atoms with Gasteiger partial charge in [-0.3, -0.25) is 4.79 Å². The predicted octanol–water partition coefficient (Wildman–Crippen LogP) is 4.03. The number of fused-ring (bicyclic) bond motifs is 2. The lowest BCUT2D eigenvalue weighted by Gasteiger charge is -2.43. The van der Waals surface area contributed by atoms with Gasteiger partial charge in [0.05, 0.1) is 0 Å². The lowest BCUT2D eigenvalue weighted by Crippen LogP contribution is -2.51. The van der Waals surface area contributed by atoms with E-state index < -0.39 is 12.6 Å². The number of hydrogen-bond donors (Lipinski definition) is 0. The summed E-state index contributed by atoms with van der Waals surface area (Å²) in [5.74, 6) is 0.122. The van der Waals surface area contributed by atoms with Crippen molar-refractivity contribution in [3.05, 3.63) is 12.2 Å². The largest absolute Gasteiger partial charge is 0.457 e. The molecule has 0 aromatic carbocycles. The molecule has 3 aliphatic rings. The van der Waals surface area contributed by atoms with Crippen LogP contribution in [0.3, 0.4) is 0 Å². The number of alkyl halides is 1. The first kappa shape index (κ1) is 16.2. The maximum atomic E-state index is 12.0. The topological polar surface area (TPSA) is 35.5 Å². The van der Waals surface area contributed by atoms with E-state index in [4.69, 9.17) is 9.16 Å². The van der Waals surface area contributed by atoms with Crippen molar-refractivity contribution in [3.8, 4) is 0 Å². The molecule has 1 fully saturated rings. The Kier molecular flexibility index (Phi) is 4.26. The van der Waals surface area contributed by atoms with Gasteiger partial charge in [-0.2, -0.15) is 0 Å². The standard InChI is InChI=1S/C15H25BrO3Si/c1-14(2,3)20(4,5)18-9-7-11-10-12-6-8-15(11,16)13(17)19-12/h6,8,11-12H,7,9-10H2,1-5H3/t11-,12+,15+/m1/s1. The summed E-state index contributed by atoms with van der Waals surface area (Å²) < 4.78 is 10.9. The SMILES string of the molecule is CC(C)(C)[Si](C)(C)OCC[C@@H]1C[C@@H]2C=C[C@@]1(Br)C(=O)O2. The third-order valence-corrected chi connectivity index (χ3v) is 10.7. The molecule has 3 nitrogen and oxygen atoms in total. The van der Waals surface area contributed by atoms with E-state index in [1.807, 2.05) is 12.2 Å². The molecule has 0 aromatic heterocycles. The Balaban J connectivity index is 1.93. The third-order valence-electron chi connectivity index (χ3n) is 4.97. The first-order valence-corrected chi connectivity index (χ1v) is 11.0. The average molecular weight is 361 g/mol. The molecule has 0 N–H and O–H groups in total. The summed E-state index contributed by atoms with van der Waals surface area (Å²) in [6.45, 7) is 12.0. The van der Waals surface area contributed by atoms with Crippen LogP contribution >= 0.6 is 15.9 Å². The van der Waals surface area contributed by atoms with Crippen molar-refractivity contribution in [1.82, 2.24) is 0 Å². The van der Waals surface area contributed by atoms with Gasteiger partial charge in [-0.1, -0.05) is 42.8 Å². The van der Waals surface area contributed by atoms with Crippen molar-refractivity contribution < 1.29 is 14.0 Å². The summed E-state index contributed by atoms with van der Waals surface area (Å²) in [5.41, 5.74) is 0. The minimum absolute atomic E-state index is 0.0419. The number of esters is 1. The zero-order valence-corrected chi connectivity index (χ0v) is 15.6. The monoisotopic (exact) mass is 360 g/mol. The van der Waals surface area contributed by atoms with Gasteiger partial charge in [-0.05, 0) is 43.0 Å². The van der Waals surface area contributed by atoms with Gasteiger partial charge >= 0.3 is 5.97 Å². The molecule has 1 saturated heterocycles. The predicted molar refractivity (Wildman–Crippen MR) is 86.6 cm³/mol. The molecule has 3 rings (SSSR count). The Bertz CT molecular complexity index is 427. The fourth-order valence-electron chi connectivity index (χ4n) is 2.46. The highest BCUT2D eigenvalue weighted by atomic mass is 79.9. The van der Waals surface area contributed by atoms with E-state index in [0.717, 1.165) is 19.4 Å². The van der Waals surface area contributed by atoms with Gasteiger partial charge in [0.1, 0.15) is 10.4 Å². The molecule has 0 radical (unpaired) electrons. The van der Waals surface area contributed by atoms with Crippen LogP contribution in [0, 0.1) is 5.92 Å². The molecule has 114 valence electrons. The minimum Gasteiger partial charge on any atom is -0.457 e. The third kappa shape index (κ3) is 2.90. The fourth-order valence-corrected chi connectivity index (χ4v) is 4.19. The smallest absolute Gasteiger partial charge is 0.327 e. The molecule has 20 heavy (non-hydrogen) atoms. The normalized spacial score (nSPS) is 33.4. The first-order valence-electron chi connectivity index (χ1n) is 7.29. The van der Waals surface area contributed by atoms with E-state index in [9.17, 15) is 4.79 Å². The van der Waals surface area contributed by atoms with E-state index in [-0.39, 0.29) is 23.0 Å². The Morgan fingerprint density at radius 2 is 2.15 bits per heavy atom. The Morgan fingerprint density at radius 3 is 2.70 bits per heavy atom. The van der Waals surface area contributed by atoms with Crippen molar-refractivity contribution in [1.29, 1.82) is 0 Å². The van der Waals surface area contributed by atoms with E-state index in [1.165, 1.54) is 0 Å². The second-order valence-electron chi connectivity index (χ2n) is 7.40. The Morgan fingerprint density at radius 1 is 1.50 bits per heavy atom. The highest BCUT2D eigenvalue weighted by Gasteiger charge is 2.51. The number of carbonyl (C=O) groups excluding carboxylic acids is 1. The van der Waals surface area contributed by atoms with Crippen molar-refractivity contribution in [2.45, 2.75) is 62.2 Å².